The lowest BCUT2D eigenvalue weighted by atomic mass is 10.5. The molecule has 0 radical (unpaired) electrons. The molecule has 0 aliphatic heterocycles. The number of aromatic nitrogens is 3. The highest BCUT2D eigenvalue weighted by atomic mass is 16.4. The summed E-state index contributed by atoms with van der Waals surface area (Å²) in [6.45, 7) is 3.71. The smallest absolute Gasteiger partial charge is 0.153 e. The minimum atomic E-state index is 0.146. The van der Waals surface area contributed by atoms with Gasteiger partial charge in [0.15, 0.2) is 5.84 Å². The van der Waals surface area contributed by atoms with E-state index in [9.17, 15) is 0 Å². The first kappa shape index (κ1) is 10.5. The van der Waals surface area contributed by atoms with Crippen molar-refractivity contribution < 1.29 is 5.21 Å². The van der Waals surface area contributed by atoms with Crippen molar-refractivity contribution in [1.29, 1.82) is 0 Å². The van der Waals surface area contributed by atoms with Gasteiger partial charge in [-0.3, -0.25) is 0 Å². The molecule has 0 amide bonds. The Morgan fingerprint density at radius 1 is 1.79 bits per heavy atom. The van der Waals surface area contributed by atoms with Crippen LogP contribution in [0.4, 0.5) is 0 Å². The van der Waals surface area contributed by atoms with Crippen LogP contribution in [0.15, 0.2) is 11.5 Å². The van der Waals surface area contributed by atoms with Crippen molar-refractivity contribution in [2.75, 3.05) is 6.54 Å². The number of nitrogens with two attached hydrogens (primary N) is 1. The van der Waals surface area contributed by atoms with Gasteiger partial charge in [0.25, 0.3) is 0 Å². The van der Waals surface area contributed by atoms with Crippen molar-refractivity contribution >= 4 is 5.84 Å². The molecule has 0 aliphatic rings. The van der Waals surface area contributed by atoms with Crippen LogP contribution in [0.25, 0.3) is 0 Å². The lowest BCUT2D eigenvalue weighted by Crippen LogP contribution is -2.29. The molecule has 1 aromatic heterocycles. The minimum Gasteiger partial charge on any atom is -0.409 e. The first-order chi connectivity index (χ1) is 6.77. The Labute approximate surface area is 81.6 Å². The summed E-state index contributed by atoms with van der Waals surface area (Å²) in [5, 5.41) is 21.8. The number of amidine groups is 1. The maximum atomic E-state index is 8.28. The molecule has 14 heavy (non-hydrogen) atoms. The highest BCUT2D eigenvalue weighted by molar-refractivity contribution is 5.81. The molecule has 1 rings (SSSR count). The Morgan fingerprint density at radius 2 is 2.57 bits per heavy atom. The minimum absolute atomic E-state index is 0.146. The van der Waals surface area contributed by atoms with E-state index in [1.54, 1.807) is 6.33 Å². The molecule has 0 atom stereocenters. The second-order valence-electron chi connectivity index (χ2n) is 2.73. The normalized spacial score (nSPS) is 11.9. The summed E-state index contributed by atoms with van der Waals surface area (Å²) in [5.41, 5.74) is 5.28. The third-order valence-electron chi connectivity index (χ3n) is 1.75. The fourth-order valence-electron chi connectivity index (χ4n) is 1.02. The van der Waals surface area contributed by atoms with Gasteiger partial charge in [-0.25, -0.2) is 0 Å². The van der Waals surface area contributed by atoms with E-state index < -0.39 is 0 Å². The van der Waals surface area contributed by atoms with Gasteiger partial charge in [-0.05, 0) is 6.92 Å². The Kier molecular flexibility index (Phi) is 3.86. The molecular weight excluding hydrogens is 184 g/mol. The summed E-state index contributed by atoms with van der Waals surface area (Å²) in [4.78, 5) is 0. The third kappa shape index (κ3) is 2.70. The van der Waals surface area contributed by atoms with Gasteiger partial charge in [-0.2, -0.15) is 0 Å². The largest absolute Gasteiger partial charge is 0.409 e. The number of oxime groups is 1. The standard InChI is InChI=1S/C7H14N6O/c1-2-13-5-10-11-7(13)4-9-3-6(8)12-14/h5,9,14H,2-4H2,1H3,(H2,8,12). The topological polar surface area (TPSA) is 101 Å². The lowest BCUT2D eigenvalue weighted by Gasteiger charge is -2.04. The molecule has 4 N–H and O–H groups in total. The molecular formula is C7H14N6O. The fourth-order valence-corrected chi connectivity index (χ4v) is 1.02. The second kappa shape index (κ2) is 5.18. The van der Waals surface area contributed by atoms with E-state index >= 15 is 0 Å². The molecule has 7 heteroatoms. The molecule has 0 aromatic carbocycles. The zero-order chi connectivity index (χ0) is 10.4. The number of nitrogens with zero attached hydrogens (tertiary/aromatic N) is 4. The third-order valence-corrected chi connectivity index (χ3v) is 1.75. The number of aryl methyl sites for hydroxylation is 1. The van der Waals surface area contributed by atoms with Gasteiger partial charge in [0.2, 0.25) is 0 Å². The fraction of sp³-hybridized carbons (Fsp3) is 0.571. The van der Waals surface area contributed by atoms with Crippen molar-refractivity contribution in [2.24, 2.45) is 10.9 Å². The van der Waals surface area contributed by atoms with Crippen LogP contribution in [0.5, 0.6) is 0 Å². The molecule has 0 saturated heterocycles. The van der Waals surface area contributed by atoms with Gasteiger partial charge in [0, 0.05) is 6.54 Å². The van der Waals surface area contributed by atoms with E-state index in [1.807, 2.05) is 11.5 Å². The first-order valence-electron chi connectivity index (χ1n) is 4.31. The second-order valence-corrected chi connectivity index (χ2v) is 2.73. The monoisotopic (exact) mass is 198 g/mol. The molecule has 1 heterocycles. The van der Waals surface area contributed by atoms with Crippen LogP contribution < -0.4 is 11.1 Å². The summed E-state index contributed by atoms with van der Waals surface area (Å²) in [7, 11) is 0. The average Bonchev–Trinajstić information content (AvgIpc) is 2.65. The highest BCUT2D eigenvalue weighted by Crippen LogP contribution is 1.93. The molecule has 0 bridgehead atoms. The van der Waals surface area contributed by atoms with Crippen LogP contribution >= 0.6 is 0 Å². The van der Waals surface area contributed by atoms with Crippen LogP contribution in [0, 0.1) is 0 Å². The van der Waals surface area contributed by atoms with Crippen molar-refractivity contribution in [1.82, 2.24) is 20.1 Å². The number of hydrogen-bond donors (Lipinski definition) is 3. The quantitative estimate of drug-likeness (QED) is 0.247. The molecule has 0 spiro atoms. The first-order valence-corrected chi connectivity index (χ1v) is 4.31. The van der Waals surface area contributed by atoms with Crippen molar-refractivity contribution in [3.8, 4) is 0 Å². The van der Waals surface area contributed by atoms with Gasteiger partial charge in [-0.1, -0.05) is 5.16 Å². The molecule has 0 aliphatic carbocycles. The predicted octanol–water partition coefficient (Wildman–Crippen LogP) is -0.866. The molecule has 0 fully saturated rings. The van der Waals surface area contributed by atoms with Gasteiger partial charge in [0.1, 0.15) is 12.2 Å². The molecule has 1 aromatic rings. The van der Waals surface area contributed by atoms with Crippen molar-refractivity contribution in [3.63, 3.8) is 0 Å². The Hall–Kier alpha value is -1.63. The van der Waals surface area contributed by atoms with Crippen LogP contribution in [0.1, 0.15) is 12.7 Å². The lowest BCUT2D eigenvalue weighted by molar-refractivity contribution is 0.317. The molecule has 7 nitrogen and oxygen atoms in total. The van der Waals surface area contributed by atoms with E-state index in [4.69, 9.17) is 10.9 Å². The number of nitrogens with one attached hydrogen (secondary N) is 1. The summed E-state index contributed by atoms with van der Waals surface area (Å²) in [6, 6.07) is 0. The summed E-state index contributed by atoms with van der Waals surface area (Å²) in [6.07, 6.45) is 1.67. The summed E-state index contributed by atoms with van der Waals surface area (Å²) < 4.78 is 1.92. The average molecular weight is 198 g/mol. The predicted molar refractivity (Wildman–Crippen MR) is 50.8 cm³/mol. The van der Waals surface area contributed by atoms with Gasteiger partial charge in [0.05, 0.1) is 13.1 Å². The van der Waals surface area contributed by atoms with E-state index in [-0.39, 0.29) is 5.84 Å². The van der Waals surface area contributed by atoms with Crippen LogP contribution in [-0.2, 0) is 13.1 Å². The van der Waals surface area contributed by atoms with Gasteiger partial charge in [-0.15, -0.1) is 10.2 Å². The Bertz CT molecular complexity index is 307. The SMILES string of the molecule is CCn1cnnc1CNCC(N)=NO. The zero-order valence-electron chi connectivity index (χ0n) is 8.01. The number of rotatable bonds is 5. The Morgan fingerprint density at radius 3 is 3.21 bits per heavy atom. The highest BCUT2D eigenvalue weighted by Gasteiger charge is 2.01. The number of hydrogen-bond acceptors (Lipinski definition) is 5. The van der Waals surface area contributed by atoms with E-state index in [0.29, 0.717) is 13.1 Å². The Balaban J connectivity index is 2.38. The van der Waals surface area contributed by atoms with Gasteiger partial charge < -0.3 is 20.8 Å². The zero-order valence-corrected chi connectivity index (χ0v) is 8.01. The molecule has 0 saturated carbocycles. The van der Waals surface area contributed by atoms with Crippen molar-refractivity contribution in [3.05, 3.63) is 12.2 Å². The van der Waals surface area contributed by atoms with E-state index in [2.05, 4.69) is 20.7 Å². The molecule has 78 valence electrons. The van der Waals surface area contributed by atoms with E-state index in [1.165, 1.54) is 0 Å². The summed E-state index contributed by atoms with van der Waals surface area (Å²) in [5.74, 6) is 0.978. The van der Waals surface area contributed by atoms with E-state index in [0.717, 1.165) is 12.4 Å². The van der Waals surface area contributed by atoms with Crippen LogP contribution in [0.2, 0.25) is 0 Å². The van der Waals surface area contributed by atoms with Gasteiger partial charge >= 0.3 is 0 Å². The molecule has 0 unspecified atom stereocenters. The maximum absolute atomic E-state index is 8.28. The van der Waals surface area contributed by atoms with Crippen LogP contribution in [0.3, 0.4) is 0 Å². The van der Waals surface area contributed by atoms with Crippen LogP contribution in [-0.4, -0.2) is 32.4 Å². The maximum Gasteiger partial charge on any atom is 0.153 e. The van der Waals surface area contributed by atoms with Crippen molar-refractivity contribution in [2.45, 2.75) is 20.0 Å². The summed E-state index contributed by atoms with van der Waals surface area (Å²) >= 11 is 0.